The molecular weight excluding hydrogens is 192 g/mol. The molecule has 14 heavy (non-hydrogen) atoms. The Hall–Kier alpha value is -1.41. The molecule has 0 saturated heterocycles. The molecule has 0 spiro atoms. The van der Waals surface area contributed by atoms with Crippen LogP contribution in [0.3, 0.4) is 0 Å². The Morgan fingerprint density at radius 2 is 1.43 bits per heavy atom. The van der Waals surface area contributed by atoms with Gasteiger partial charge in [-0.15, -0.1) is 0 Å². The molecule has 0 aliphatic carbocycles. The molecule has 0 bridgehead atoms. The lowest BCUT2D eigenvalue weighted by Gasteiger charge is -2.06. The Bertz CT molecular complexity index is 412. The first kappa shape index (κ1) is 9.16. The predicted octanol–water partition coefficient (Wildman–Crippen LogP) is 3.58. The molecule has 2 aromatic rings. The lowest BCUT2D eigenvalue weighted by Crippen LogP contribution is -1.82. The third kappa shape index (κ3) is 1.75. The SMILES string of the molecule is SOc1ccccc1-c1ccccc1. The van der Waals surface area contributed by atoms with Gasteiger partial charge in [0.1, 0.15) is 5.75 Å². The zero-order chi connectivity index (χ0) is 9.80. The zero-order valence-electron chi connectivity index (χ0n) is 7.55. The summed E-state index contributed by atoms with van der Waals surface area (Å²) >= 11 is 3.83. The molecular formula is C12H10OS. The molecule has 0 heterocycles. The van der Waals surface area contributed by atoms with Crippen LogP contribution < -0.4 is 4.18 Å². The van der Waals surface area contributed by atoms with Crippen LogP contribution in [-0.4, -0.2) is 0 Å². The lowest BCUT2D eigenvalue weighted by molar-refractivity contribution is 0.661. The Morgan fingerprint density at radius 3 is 2.14 bits per heavy atom. The van der Waals surface area contributed by atoms with Crippen molar-refractivity contribution in [3.05, 3.63) is 54.6 Å². The van der Waals surface area contributed by atoms with E-state index < -0.39 is 0 Å². The maximum atomic E-state index is 4.99. The number of hydrogen-bond acceptors (Lipinski definition) is 2. The van der Waals surface area contributed by atoms with Crippen LogP contribution in [0.25, 0.3) is 11.1 Å². The molecule has 0 aliphatic heterocycles. The van der Waals surface area contributed by atoms with Crippen LogP contribution >= 0.6 is 12.9 Å². The van der Waals surface area contributed by atoms with Crippen LogP contribution in [0.15, 0.2) is 54.6 Å². The molecule has 0 radical (unpaired) electrons. The largest absolute Gasteiger partial charge is 0.428 e. The summed E-state index contributed by atoms with van der Waals surface area (Å²) in [6.07, 6.45) is 0. The molecule has 2 rings (SSSR count). The van der Waals surface area contributed by atoms with Gasteiger partial charge in [-0.1, -0.05) is 48.5 Å². The van der Waals surface area contributed by atoms with Gasteiger partial charge in [0.15, 0.2) is 0 Å². The molecule has 70 valence electrons. The second-order valence-electron chi connectivity index (χ2n) is 2.95. The van der Waals surface area contributed by atoms with Crippen LogP contribution in [-0.2, 0) is 0 Å². The minimum Gasteiger partial charge on any atom is -0.428 e. The number of hydrogen-bond donors (Lipinski definition) is 1. The van der Waals surface area contributed by atoms with Crippen LogP contribution in [0.5, 0.6) is 5.75 Å². The average molecular weight is 202 g/mol. The summed E-state index contributed by atoms with van der Waals surface area (Å²) in [5.74, 6) is 0.780. The van der Waals surface area contributed by atoms with E-state index in [9.17, 15) is 0 Å². The van der Waals surface area contributed by atoms with Crippen molar-refractivity contribution in [1.82, 2.24) is 0 Å². The summed E-state index contributed by atoms with van der Waals surface area (Å²) in [5.41, 5.74) is 2.19. The Kier molecular flexibility index (Phi) is 2.75. The third-order valence-corrected chi connectivity index (χ3v) is 2.27. The Morgan fingerprint density at radius 1 is 0.786 bits per heavy atom. The van der Waals surface area contributed by atoms with E-state index in [1.54, 1.807) is 0 Å². The van der Waals surface area contributed by atoms with E-state index >= 15 is 0 Å². The maximum Gasteiger partial charge on any atom is 0.144 e. The van der Waals surface area contributed by atoms with Gasteiger partial charge in [-0.2, -0.15) is 0 Å². The molecule has 2 aromatic carbocycles. The van der Waals surface area contributed by atoms with Gasteiger partial charge in [0.05, 0.1) is 0 Å². The molecule has 0 aromatic heterocycles. The molecule has 0 amide bonds. The molecule has 0 atom stereocenters. The van der Waals surface area contributed by atoms with Gasteiger partial charge < -0.3 is 4.18 Å². The van der Waals surface area contributed by atoms with Gasteiger partial charge >= 0.3 is 0 Å². The van der Waals surface area contributed by atoms with E-state index in [1.807, 2.05) is 54.6 Å². The second kappa shape index (κ2) is 4.20. The van der Waals surface area contributed by atoms with Gasteiger partial charge in [-0.25, -0.2) is 0 Å². The van der Waals surface area contributed by atoms with E-state index in [4.69, 9.17) is 4.18 Å². The molecule has 0 saturated carbocycles. The zero-order valence-corrected chi connectivity index (χ0v) is 8.45. The molecule has 2 heteroatoms. The van der Waals surface area contributed by atoms with Gasteiger partial charge in [-0.05, 0) is 11.6 Å². The normalized spacial score (nSPS) is 9.79. The lowest BCUT2D eigenvalue weighted by atomic mass is 10.1. The van der Waals surface area contributed by atoms with Crippen molar-refractivity contribution in [2.45, 2.75) is 0 Å². The van der Waals surface area contributed by atoms with Crippen molar-refractivity contribution < 1.29 is 4.18 Å². The van der Waals surface area contributed by atoms with Crippen LogP contribution in [0.1, 0.15) is 0 Å². The summed E-state index contributed by atoms with van der Waals surface area (Å²) in [6, 6.07) is 17.9. The first-order valence-electron chi connectivity index (χ1n) is 4.37. The summed E-state index contributed by atoms with van der Waals surface area (Å²) in [5, 5.41) is 0. The highest BCUT2D eigenvalue weighted by molar-refractivity contribution is 7.75. The van der Waals surface area contributed by atoms with E-state index in [0.29, 0.717) is 0 Å². The topological polar surface area (TPSA) is 9.23 Å². The summed E-state index contributed by atoms with van der Waals surface area (Å²) in [7, 11) is 0. The van der Waals surface area contributed by atoms with Crippen LogP contribution in [0.4, 0.5) is 0 Å². The first-order chi connectivity index (χ1) is 6.92. The number of para-hydroxylation sites is 1. The maximum absolute atomic E-state index is 4.99. The van der Waals surface area contributed by atoms with Gasteiger partial charge in [-0.3, -0.25) is 0 Å². The fourth-order valence-electron chi connectivity index (χ4n) is 1.40. The highest BCUT2D eigenvalue weighted by Crippen LogP contribution is 2.29. The van der Waals surface area contributed by atoms with Crippen molar-refractivity contribution in [2.75, 3.05) is 0 Å². The molecule has 0 aliphatic rings. The molecule has 0 unspecified atom stereocenters. The van der Waals surface area contributed by atoms with Crippen molar-refractivity contribution in [3.63, 3.8) is 0 Å². The summed E-state index contributed by atoms with van der Waals surface area (Å²) < 4.78 is 4.99. The van der Waals surface area contributed by atoms with Crippen molar-refractivity contribution in [2.24, 2.45) is 0 Å². The van der Waals surface area contributed by atoms with Crippen molar-refractivity contribution in [3.8, 4) is 16.9 Å². The second-order valence-corrected chi connectivity index (χ2v) is 3.14. The van der Waals surface area contributed by atoms with E-state index in [-0.39, 0.29) is 0 Å². The molecule has 0 N–H and O–H groups in total. The highest BCUT2D eigenvalue weighted by atomic mass is 32.1. The molecule has 0 fully saturated rings. The van der Waals surface area contributed by atoms with Crippen molar-refractivity contribution >= 4 is 12.9 Å². The van der Waals surface area contributed by atoms with Crippen LogP contribution in [0.2, 0.25) is 0 Å². The Labute approximate surface area is 89.0 Å². The standard InChI is InChI=1S/C12H10OS/c14-13-12-9-5-4-8-11(12)10-6-2-1-3-7-10/h1-9,14H. The monoisotopic (exact) mass is 202 g/mol. The number of thiol groups is 1. The Balaban J connectivity index is 2.51. The van der Waals surface area contributed by atoms with Crippen molar-refractivity contribution in [1.29, 1.82) is 0 Å². The quantitative estimate of drug-likeness (QED) is 0.578. The van der Waals surface area contributed by atoms with Crippen LogP contribution in [0, 0.1) is 0 Å². The van der Waals surface area contributed by atoms with Gasteiger partial charge in [0, 0.05) is 18.5 Å². The van der Waals surface area contributed by atoms with E-state index in [1.165, 1.54) is 0 Å². The highest BCUT2D eigenvalue weighted by Gasteiger charge is 2.03. The van der Waals surface area contributed by atoms with Gasteiger partial charge in [0.25, 0.3) is 0 Å². The van der Waals surface area contributed by atoms with E-state index in [0.717, 1.165) is 16.9 Å². The number of benzene rings is 2. The third-order valence-electron chi connectivity index (χ3n) is 2.07. The average Bonchev–Trinajstić information content (AvgIpc) is 2.30. The van der Waals surface area contributed by atoms with Gasteiger partial charge in [0.2, 0.25) is 0 Å². The van der Waals surface area contributed by atoms with E-state index in [2.05, 4.69) is 12.9 Å². The molecule has 1 nitrogen and oxygen atoms in total. The summed E-state index contributed by atoms with van der Waals surface area (Å²) in [6.45, 7) is 0. The fourth-order valence-corrected chi connectivity index (χ4v) is 1.56. The minimum atomic E-state index is 0.780. The minimum absolute atomic E-state index is 0.780. The smallest absolute Gasteiger partial charge is 0.144 e. The number of rotatable bonds is 2. The fraction of sp³-hybridized carbons (Fsp3) is 0. The first-order valence-corrected chi connectivity index (χ1v) is 4.74. The summed E-state index contributed by atoms with van der Waals surface area (Å²) in [4.78, 5) is 0. The predicted molar refractivity (Wildman–Crippen MR) is 61.5 cm³/mol.